The van der Waals surface area contributed by atoms with Gasteiger partial charge in [-0.1, -0.05) is 11.8 Å². The molecule has 1 aromatic carbocycles. The Morgan fingerprint density at radius 2 is 2.06 bits per heavy atom. The molecule has 0 bridgehead atoms. The molecular formula is C16H18N5O10PS. The average molecular weight is 503 g/mol. The highest BCUT2D eigenvalue weighted by Crippen LogP contribution is 2.51. The smallest absolute Gasteiger partial charge is 0.469 e. The summed E-state index contributed by atoms with van der Waals surface area (Å²) in [6.07, 6.45) is -3.93. The van der Waals surface area contributed by atoms with Crippen molar-refractivity contribution in [1.29, 1.82) is 0 Å². The Hall–Kier alpha value is -2.69. The second-order valence-corrected chi connectivity index (χ2v) is 9.47. The Morgan fingerprint density at radius 3 is 2.73 bits per heavy atom. The van der Waals surface area contributed by atoms with Gasteiger partial charge in [0, 0.05) is 6.07 Å². The van der Waals surface area contributed by atoms with Crippen molar-refractivity contribution in [3.8, 4) is 11.5 Å². The summed E-state index contributed by atoms with van der Waals surface area (Å²) in [5, 5.41) is 39.4. The fourth-order valence-corrected chi connectivity index (χ4v) is 4.94. The number of nitrogens with zero attached hydrogens (tertiary/aromatic N) is 3. The van der Waals surface area contributed by atoms with Crippen molar-refractivity contribution in [3.63, 3.8) is 0 Å². The van der Waals surface area contributed by atoms with E-state index in [0.717, 1.165) is 17.0 Å². The third kappa shape index (κ3) is 4.30. The van der Waals surface area contributed by atoms with E-state index in [2.05, 4.69) is 19.5 Å². The highest BCUT2D eigenvalue weighted by Gasteiger charge is 2.58. The molecule has 1 aliphatic heterocycles. The van der Waals surface area contributed by atoms with Crippen LogP contribution in [-0.4, -0.2) is 74.7 Å². The van der Waals surface area contributed by atoms with E-state index in [0.29, 0.717) is 11.8 Å². The summed E-state index contributed by atoms with van der Waals surface area (Å²) in [6.45, 7) is -0.810. The lowest BCUT2D eigenvalue weighted by Gasteiger charge is -2.33. The van der Waals surface area contributed by atoms with Crippen molar-refractivity contribution in [3.05, 3.63) is 34.9 Å². The standard InChI is InChI=1S/C16H18N5O10PS/c17-15-19-13-10(14(26)20-15)18-5-21(13)16(33-9-2-1-6(22)3-7(9)23)12(25)11(24)8(31-16)4-30-32(27,28)29/h1-3,5,8,11-12,22-25H,4H2,(H2,27,28,29)(H3,17,19,20,26)/t8-,11-,12-,16+/m1/s1. The maximum atomic E-state index is 12.2. The first-order valence-corrected chi connectivity index (χ1v) is 11.4. The van der Waals surface area contributed by atoms with Crippen molar-refractivity contribution in [2.24, 2.45) is 0 Å². The molecule has 1 aliphatic rings. The molecule has 4 rings (SSSR count). The maximum Gasteiger partial charge on any atom is 0.469 e. The molecule has 0 spiro atoms. The van der Waals surface area contributed by atoms with Gasteiger partial charge < -0.3 is 40.7 Å². The molecule has 0 saturated carbocycles. The van der Waals surface area contributed by atoms with E-state index >= 15 is 0 Å². The van der Waals surface area contributed by atoms with Crippen LogP contribution in [0.5, 0.6) is 11.5 Å². The fraction of sp³-hybridized carbons (Fsp3) is 0.312. The van der Waals surface area contributed by atoms with E-state index in [1.165, 1.54) is 12.1 Å². The van der Waals surface area contributed by atoms with Gasteiger partial charge in [-0.3, -0.25) is 18.9 Å². The Bertz CT molecular complexity index is 1310. The number of hydrogen-bond donors (Lipinski definition) is 8. The van der Waals surface area contributed by atoms with Gasteiger partial charge in [0.1, 0.15) is 36.1 Å². The SMILES string of the molecule is Nc1nc2c(ncn2[C@]2(Sc3ccc(O)cc3O)O[C@H](COP(=O)(O)O)[C@@H](O)[C@H]2O)c(=O)[nH]1. The number of phenolic OH excluding ortho intramolecular Hbond substituents is 2. The first-order valence-electron chi connectivity index (χ1n) is 9.09. The lowest BCUT2D eigenvalue weighted by molar-refractivity contribution is -0.0768. The number of aromatic amines is 1. The molecule has 15 nitrogen and oxygen atoms in total. The zero-order valence-corrected chi connectivity index (χ0v) is 18.1. The van der Waals surface area contributed by atoms with Gasteiger partial charge in [-0.15, -0.1) is 0 Å². The minimum Gasteiger partial charge on any atom is -0.508 e. The summed E-state index contributed by atoms with van der Waals surface area (Å²) in [4.78, 5) is 40.5. The molecule has 0 unspecified atom stereocenters. The van der Waals surface area contributed by atoms with E-state index in [9.17, 15) is 29.8 Å². The number of nitrogens with two attached hydrogens (primary N) is 1. The molecule has 178 valence electrons. The number of nitrogens with one attached hydrogen (secondary N) is 1. The van der Waals surface area contributed by atoms with Gasteiger partial charge in [0.15, 0.2) is 11.2 Å². The van der Waals surface area contributed by atoms with Crippen LogP contribution >= 0.6 is 19.6 Å². The van der Waals surface area contributed by atoms with Gasteiger partial charge in [-0.25, -0.2) is 9.55 Å². The number of hydrogen-bond acceptors (Lipinski definition) is 12. The third-order valence-electron chi connectivity index (χ3n) is 4.77. The number of thioether (sulfide) groups is 1. The van der Waals surface area contributed by atoms with Crippen molar-refractivity contribution in [1.82, 2.24) is 19.5 Å². The number of imidazole rings is 1. The second kappa shape index (κ2) is 8.27. The number of fused-ring (bicyclic) bond motifs is 1. The minimum absolute atomic E-state index is 0.0651. The number of aromatic nitrogens is 4. The Labute approximate surface area is 187 Å². The van der Waals surface area contributed by atoms with Crippen LogP contribution in [0.2, 0.25) is 0 Å². The molecule has 2 aromatic heterocycles. The number of anilines is 1. The van der Waals surface area contributed by atoms with Crippen LogP contribution in [-0.2, 0) is 18.9 Å². The molecule has 1 saturated heterocycles. The van der Waals surface area contributed by atoms with E-state index < -0.39 is 49.1 Å². The van der Waals surface area contributed by atoms with Crippen LogP contribution in [0.3, 0.4) is 0 Å². The zero-order chi connectivity index (χ0) is 24.1. The average Bonchev–Trinajstić information content (AvgIpc) is 3.24. The Balaban J connectivity index is 1.86. The fourth-order valence-electron chi connectivity index (χ4n) is 3.32. The first kappa shape index (κ1) is 23.5. The van der Waals surface area contributed by atoms with Gasteiger partial charge >= 0.3 is 7.82 Å². The Kier molecular flexibility index (Phi) is 5.88. The molecule has 3 aromatic rings. The molecule has 0 amide bonds. The quantitative estimate of drug-likeness (QED) is 0.183. The molecule has 1 fully saturated rings. The number of nitrogen functional groups attached to an aromatic ring is 1. The van der Waals surface area contributed by atoms with Crippen LogP contribution in [0, 0.1) is 0 Å². The van der Waals surface area contributed by atoms with E-state index in [1.54, 1.807) is 0 Å². The van der Waals surface area contributed by atoms with Gasteiger partial charge in [0.25, 0.3) is 5.56 Å². The third-order valence-corrected chi connectivity index (χ3v) is 6.64. The summed E-state index contributed by atoms with van der Waals surface area (Å²) in [6, 6.07) is 3.57. The number of aliphatic hydroxyl groups excluding tert-OH is 2. The lowest BCUT2D eigenvalue weighted by Crippen LogP contribution is -2.43. The molecule has 9 N–H and O–H groups in total. The number of phosphoric acid groups is 1. The van der Waals surface area contributed by atoms with E-state index in [1.807, 2.05) is 0 Å². The van der Waals surface area contributed by atoms with Crippen LogP contribution in [0.15, 0.2) is 34.2 Å². The van der Waals surface area contributed by atoms with Gasteiger partial charge in [0.05, 0.1) is 11.5 Å². The number of aromatic hydroxyl groups is 2. The highest BCUT2D eigenvalue weighted by molar-refractivity contribution is 8.00. The largest absolute Gasteiger partial charge is 0.508 e. The number of phenols is 2. The normalized spacial score (nSPS) is 25.6. The summed E-state index contributed by atoms with van der Waals surface area (Å²) in [5.74, 6) is -0.938. The maximum absolute atomic E-state index is 12.2. The van der Waals surface area contributed by atoms with Crippen LogP contribution in [0.1, 0.15) is 0 Å². The van der Waals surface area contributed by atoms with Crippen molar-refractivity contribution < 1.29 is 44.0 Å². The van der Waals surface area contributed by atoms with Gasteiger partial charge in [-0.2, -0.15) is 4.98 Å². The van der Waals surface area contributed by atoms with E-state index in [-0.39, 0.29) is 27.8 Å². The van der Waals surface area contributed by atoms with Crippen LogP contribution in [0.4, 0.5) is 5.95 Å². The summed E-state index contributed by atoms with van der Waals surface area (Å²) in [5.41, 5.74) is 4.61. The predicted octanol–water partition coefficient (Wildman–Crippen LogP) is -1.25. The molecular weight excluding hydrogens is 485 g/mol. The van der Waals surface area contributed by atoms with Crippen LogP contribution in [0.25, 0.3) is 11.2 Å². The predicted molar refractivity (Wildman–Crippen MR) is 111 cm³/mol. The second-order valence-electron chi connectivity index (χ2n) is 7.00. The highest BCUT2D eigenvalue weighted by atomic mass is 32.2. The van der Waals surface area contributed by atoms with Crippen molar-refractivity contribution >= 4 is 36.7 Å². The number of ether oxygens (including phenoxy) is 1. The topological polar surface area (TPSA) is 246 Å². The molecule has 17 heteroatoms. The van der Waals surface area contributed by atoms with Crippen molar-refractivity contribution in [2.45, 2.75) is 28.3 Å². The lowest BCUT2D eigenvalue weighted by atomic mass is 10.1. The number of aliphatic hydroxyl groups is 2. The minimum atomic E-state index is -4.94. The number of benzene rings is 1. The molecule has 3 heterocycles. The van der Waals surface area contributed by atoms with E-state index in [4.69, 9.17) is 20.3 Å². The molecule has 33 heavy (non-hydrogen) atoms. The van der Waals surface area contributed by atoms with Gasteiger partial charge in [0.2, 0.25) is 11.0 Å². The Morgan fingerprint density at radius 1 is 1.33 bits per heavy atom. The molecule has 0 aliphatic carbocycles. The monoisotopic (exact) mass is 503 g/mol. The summed E-state index contributed by atoms with van der Waals surface area (Å²) in [7, 11) is -4.94. The summed E-state index contributed by atoms with van der Waals surface area (Å²) >= 11 is 0.654. The zero-order valence-electron chi connectivity index (χ0n) is 16.3. The summed E-state index contributed by atoms with van der Waals surface area (Å²) < 4.78 is 22.5. The van der Waals surface area contributed by atoms with Crippen LogP contribution < -0.4 is 11.3 Å². The number of phosphoric ester groups is 1. The first-order chi connectivity index (χ1) is 15.4. The number of H-pyrrole nitrogens is 1. The molecule has 4 atom stereocenters. The van der Waals surface area contributed by atoms with Gasteiger partial charge in [-0.05, 0) is 12.1 Å². The molecule has 0 radical (unpaired) electrons. The van der Waals surface area contributed by atoms with Crippen molar-refractivity contribution in [2.75, 3.05) is 12.3 Å². The number of rotatable bonds is 6.